The largest absolute Gasteiger partial charge is 0.416 e. The average molecular weight is 438 g/mol. The first kappa shape index (κ1) is 21.0. The molecule has 0 aliphatic heterocycles. The first-order valence-electron chi connectivity index (χ1n) is 9.48. The zero-order valence-corrected chi connectivity index (χ0v) is 16.5. The number of para-hydroxylation sites is 1. The molecule has 0 spiro atoms. The Morgan fingerprint density at radius 1 is 0.844 bits per heavy atom. The van der Waals surface area contributed by atoms with Crippen molar-refractivity contribution in [3.8, 4) is 11.1 Å². The van der Waals surface area contributed by atoms with Crippen LogP contribution in [0.1, 0.15) is 16.1 Å². The van der Waals surface area contributed by atoms with Crippen molar-refractivity contribution in [3.05, 3.63) is 84.1 Å². The molecule has 0 atom stereocenters. The summed E-state index contributed by atoms with van der Waals surface area (Å²) in [5.41, 5.74) is 7.48. The van der Waals surface area contributed by atoms with Crippen molar-refractivity contribution >= 4 is 34.2 Å². The summed E-state index contributed by atoms with van der Waals surface area (Å²) in [6.45, 7) is 0. The number of carbonyl (C=O) groups excluding carboxylic acids is 2. The molecular formula is C23H17F3N4O2. The third-order valence-corrected chi connectivity index (χ3v) is 4.83. The third kappa shape index (κ3) is 4.27. The maximum absolute atomic E-state index is 12.8. The fraction of sp³-hybridized carbons (Fsp3) is 0.0435. The monoisotopic (exact) mass is 438 g/mol. The molecule has 0 saturated heterocycles. The second kappa shape index (κ2) is 8.10. The fourth-order valence-corrected chi connectivity index (χ4v) is 3.41. The minimum atomic E-state index is -4.50. The number of urea groups is 1. The molecule has 1 aromatic heterocycles. The number of anilines is 2. The van der Waals surface area contributed by atoms with E-state index in [4.69, 9.17) is 5.73 Å². The van der Waals surface area contributed by atoms with Crippen molar-refractivity contribution in [1.29, 1.82) is 0 Å². The number of nitrogens with two attached hydrogens (primary N) is 1. The number of hydrogen-bond acceptors (Lipinski definition) is 2. The molecule has 1 heterocycles. The van der Waals surface area contributed by atoms with Gasteiger partial charge in [0.2, 0.25) is 0 Å². The Kier molecular flexibility index (Phi) is 5.31. The van der Waals surface area contributed by atoms with Crippen molar-refractivity contribution in [2.75, 3.05) is 10.6 Å². The highest BCUT2D eigenvalue weighted by Crippen LogP contribution is 2.33. The summed E-state index contributed by atoms with van der Waals surface area (Å²) in [5.74, 6) is -0.598. The van der Waals surface area contributed by atoms with Gasteiger partial charge in [-0.25, -0.2) is 4.79 Å². The molecule has 0 saturated carbocycles. The smallest absolute Gasteiger partial charge is 0.364 e. The molecule has 32 heavy (non-hydrogen) atoms. The number of alkyl halides is 3. The lowest BCUT2D eigenvalue weighted by atomic mass is 10.0. The lowest BCUT2D eigenvalue weighted by molar-refractivity contribution is -0.137. The molecule has 0 fully saturated rings. The van der Waals surface area contributed by atoms with Crippen LogP contribution in [0.5, 0.6) is 0 Å². The van der Waals surface area contributed by atoms with Gasteiger partial charge in [0.05, 0.1) is 5.56 Å². The van der Waals surface area contributed by atoms with E-state index in [0.29, 0.717) is 16.8 Å². The van der Waals surface area contributed by atoms with Gasteiger partial charge in [0.15, 0.2) is 0 Å². The topological polar surface area (TPSA) is 100 Å². The number of aromatic amines is 1. The number of rotatable bonds is 4. The number of carbonyl (C=O) groups is 2. The maximum Gasteiger partial charge on any atom is 0.416 e. The third-order valence-electron chi connectivity index (χ3n) is 4.83. The molecule has 5 N–H and O–H groups in total. The summed E-state index contributed by atoms with van der Waals surface area (Å²) >= 11 is 0. The van der Waals surface area contributed by atoms with Gasteiger partial charge in [-0.1, -0.05) is 36.4 Å². The average Bonchev–Trinajstić information content (AvgIpc) is 3.14. The van der Waals surface area contributed by atoms with Gasteiger partial charge in [-0.05, 0) is 42.0 Å². The minimum absolute atomic E-state index is 0.0128. The summed E-state index contributed by atoms with van der Waals surface area (Å²) in [6.07, 6.45) is -4.50. The highest BCUT2D eigenvalue weighted by molar-refractivity contribution is 6.09. The van der Waals surface area contributed by atoms with E-state index in [2.05, 4.69) is 15.6 Å². The summed E-state index contributed by atoms with van der Waals surface area (Å²) in [7, 11) is 0. The van der Waals surface area contributed by atoms with Crippen molar-refractivity contribution in [3.63, 3.8) is 0 Å². The van der Waals surface area contributed by atoms with E-state index in [1.165, 1.54) is 12.1 Å². The van der Waals surface area contributed by atoms with Crippen LogP contribution in [0.25, 0.3) is 22.0 Å². The summed E-state index contributed by atoms with van der Waals surface area (Å²) in [4.78, 5) is 27.1. The van der Waals surface area contributed by atoms with Crippen molar-refractivity contribution in [1.82, 2.24) is 4.98 Å². The lowest BCUT2D eigenvalue weighted by Gasteiger charge is -2.11. The number of nitrogens with one attached hydrogen (secondary N) is 3. The van der Waals surface area contributed by atoms with E-state index in [1.807, 2.05) is 24.3 Å². The number of primary amides is 1. The van der Waals surface area contributed by atoms with E-state index < -0.39 is 23.7 Å². The summed E-state index contributed by atoms with van der Waals surface area (Å²) in [5, 5.41) is 5.77. The van der Waals surface area contributed by atoms with Crippen molar-refractivity contribution in [2.24, 2.45) is 5.73 Å². The van der Waals surface area contributed by atoms with Crippen LogP contribution < -0.4 is 16.4 Å². The second-order valence-corrected chi connectivity index (χ2v) is 7.02. The first-order valence-corrected chi connectivity index (χ1v) is 9.48. The summed E-state index contributed by atoms with van der Waals surface area (Å²) < 4.78 is 38.5. The number of hydrogen-bond donors (Lipinski definition) is 4. The van der Waals surface area contributed by atoms with Gasteiger partial charge in [-0.15, -0.1) is 0 Å². The van der Waals surface area contributed by atoms with Gasteiger partial charge in [0.1, 0.15) is 5.69 Å². The zero-order valence-electron chi connectivity index (χ0n) is 16.5. The Morgan fingerprint density at radius 2 is 1.53 bits per heavy atom. The molecule has 4 aromatic rings. The molecule has 0 aliphatic rings. The minimum Gasteiger partial charge on any atom is -0.364 e. The Labute approximate surface area is 180 Å². The number of H-pyrrole nitrogens is 1. The van der Waals surface area contributed by atoms with Gasteiger partial charge in [-0.3, -0.25) is 4.79 Å². The van der Waals surface area contributed by atoms with Gasteiger partial charge in [-0.2, -0.15) is 13.2 Å². The first-order chi connectivity index (χ1) is 15.2. The molecule has 3 amide bonds. The molecule has 0 aliphatic carbocycles. The Balaban J connectivity index is 1.53. The summed E-state index contributed by atoms with van der Waals surface area (Å²) in [6, 6.07) is 17.7. The highest BCUT2D eigenvalue weighted by Gasteiger charge is 2.30. The lowest BCUT2D eigenvalue weighted by Crippen LogP contribution is -2.19. The van der Waals surface area contributed by atoms with Crippen LogP contribution in [0.2, 0.25) is 0 Å². The predicted molar refractivity (Wildman–Crippen MR) is 116 cm³/mol. The van der Waals surface area contributed by atoms with Crippen molar-refractivity contribution in [2.45, 2.75) is 6.18 Å². The molecular weight excluding hydrogens is 421 g/mol. The molecule has 6 nitrogen and oxygen atoms in total. The van der Waals surface area contributed by atoms with Crippen LogP contribution in [0.3, 0.4) is 0 Å². The predicted octanol–water partition coefficient (Wildman–Crippen LogP) is 5.60. The van der Waals surface area contributed by atoms with Gasteiger partial charge in [0.25, 0.3) is 5.91 Å². The molecule has 4 rings (SSSR count). The Morgan fingerprint density at radius 3 is 2.22 bits per heavy atom. The van der Waals surface area contributed by atoms with E-state index >= 15 is 0 Å². The molecule has 9 heteroatoms. The molecule has 162 valence electrons. The Bertz CT molecular complexity index is 1310. The Hall–Kier alpha value is -4.27. The van der Waals surface area contributed by atoms with Crippen LogP contribution in [-0.2, 0) is 6.18 Å². The quantitative estimate of drug-likeness (QED) is 0.334. The molecule has 0 radical (unpaired) electrons. The number of benzene rings is 3. The van der Waals surface area contributed by atoms with Crippen LogP contribution in [0.15, 0.2) is 72.8 Å². The standard InChI is InChI=1S/C23H17F3N4O2/c24-23(25,26)14-4-3-5-16(12-14)29-22(32)28-15-10-8-13(9-11-15)19-17-6-1-2-7-18(17)30-20(19)21(27)31/h1-12,30H,(H2,27,31)(H2,28,29,32). The van der Waals surface area contributed by atoms with E-state index in [-0.39, 0.29) is 11.4 Å². The number of fused-ring (bicyclic) bond motifs is 1. The zero-order chi connectivity index (χ0) is 22.9. The van der Waals surface area contributed by atoms with Gasteiger partial charge < -0.3 is 21.4 Å². The fourth-order valence-electron chi connectivity index (χ4n) is 3.41. The van der Waals surface area contributed by atoms with Crippen LogP contribution in [0.4, 0.5) is 29.3 Å². The highest BCUT2D eigenvalue weighted by atomic mass is 19.4. The van der Waals surface area contributed by atoms with E-state index in [0.717, 1.165) is 23.0 Å². The van der Waals surface area contributed by atoms with Crippen LogP contribution in [0, 0.1) is 0 Å². The normalized spacial score (nSPS) is 11.3. The van der Waals surface area contributed by atoms with Crippen molar-refractivity contribution < 1.29 is 22.8 Å². The van der Waals surface area contributed by atoms with Gasteiger partial charge in [0, 0.05) is 27.8 Å². The number of amides is 3. The number of aromatic nitrogens is 1. The second-order valence-electron chi connectivity index (χ2n) is 7.02. The number of halogens is 3. The van der Waals surface area contributed by atoms with Crippen LogP contribution >= 0.6 is 0 Å². The van der Waals surface area contributed by atoms with Gasteiger partial charge >= 0.3 is 12.2 Å². The van der Waals surface area contributed by atoms with Crippen LogP contribution in [-0.4, -0.2) is 16.9 Å². The molecule has 3 aromatic carbocycles. The molecule has 0 bridgehead atoms. The molecule has 0 unspecified atom stereocenters. The SMILES string of the molecule is NC(=O)c1[nH]c2ccccc2c1-c1ccc(NC(=O)Nc2cccc(C(F)(F)F)c2)cc1. The van der Waals surface area contributed by atoms with E-state index in [9.17, 15) is 22.8 Å². The maximum atomic E-state index is 12.8. The van der Waals surface area contributed by atoms with E-state index in [1.54, 1.807) is 24.3 Å².